The predicted molar refractivity (Wildman–Crippen MR) is 87.1 cm³/mol. The van der Waals surface area contributed by atoms with Crippen molar-refractivity contribution in [3.05, 3.63) is 29.8 Å². The molecule has 1 aromatic rings. The minimum atomic E-state index is -0.969. The van der Waals surface area contributed by atoms with Gasteiger partial charge in [-0.1, -0.05) is 6.42 Å². The van der Waals surface area contributed by atoms with Gasteiger partial charge in [0.1, 0.15) is 11.9 Å². The Kier molecular flexibility index (Phi) is 5.35. The summed E-state index contributed by atoms with van der Waals surface area (Å²) >= 11 is 0. The number of hydrogen-bond donors (Lipinski definition) is 2. The van der Waals surface area contributed by atoms with Gasteiger partial charge >= 0.3 is 5.97 Å². The molecule has 3 rings (SSSR count). The van der Waals surface area contributed by atoms with Crippen molar-refractivity contribution in [1.82, 2.24) is 5.32 Å². The Morgan fingerprint density at radius 3 is 2.58 bits per heavy atom. The minimum absolute atomic E-state index is 0.0783. The van der Waals surface area contributed by atoms with E-state index in [2.05, 4.69) is 5.32 Å². The molecule has 2 aliphatic rings. The summed E-state index contributed by atoms with van der Waals surface area (Å²) in [6, 6.07) is 6.19. The van der Waals surface area contributed by atoms with Gasteiger partial charge in [0.25, 0.3) is 0 Å². The molecule has 2 fully saturated rings. The van der Waals surface area contributed by atoms with Gasteiger partial charge in [0.15, 0.2) is 0 Å². The Bertz CT molecular complexity index is 582. The van der Waals surface area contributed by atoms with Gasteiger partial charge in [-0.3, -0.25) is 4.79 Å². The van der Waals surface area contributed by atoms with Crippen molar-refractivity contribution in [3.8, 4) is 5.75 Å². The second-order valence-electron chi connectivity index (χ2n) is 6.52. The van der Waals surface area contributed by atoms with Crippen LogP contribution in [0.4, 0.5) is 0 Å². The Hall–Kier alpha value is -2.08. The summed E-state index contributed by atoms with van der Waals surface area (Å²) in [5.74, 6) is 0.228. The zero-order chi connectivity index (χ0) is 16.9. The third kappa shape index (κ3) is 4.26. The molecular weight excluding hydrogens is 310 g/mol. The molecule has 1 heterocycles. The number of rotatable bonds is 6. The zero-order valence-corrected chi connectivity index (χ0v) is 13.6. The van der Waals surface area contributed by atoms with Gasteiger partial charge in [-0.2, -0.15) is 0 Å². The topological polar surface area (TPSA) is 84.9 Å². The molecule has 2 N–H and O–H groups in total. The Balaban J connectivity index is 1.57. The maximum atomic E-state index is 12.2. The summed E-state index contributed by atoms with van der Waals surface area (Å²) in [5.41, 5.74) is 0.215. The van der Waals surface area contributed by atoms with Crippen molar-refractivity contribution in [2.45, 2.75) is 44.2 Å². The van der Waals surface area contributed by atoms with Gasteiger partial charge in [0.05, 0.1) is 18.2 Å². The van der Waals surface area contributed by atoms with Crippen LogP contribution in [-0.2, 0) is 9.53 Å². The molecule has 0 spiro atoms. The first-order chi connectivity index (χ1) is 11.6. The van der Waals surface area contributed by atoms with Crippen LogP contribution in [0.2, 0.25) is 0 Å². The van der Waals surface area contributed by atoms with E-state index in [0.717, 1.165) is 12.8 Å². The van der Waals surface area contributed by atoms with E-state index in [1.165, 1.54) is 18.6 Å². The third-order valence-electron chi connectivity index (χ3n) is 4.74. The van der Waals surface area contributed by atoms with Crippen LogP contribution in [0.25, 0.3) is 0 Å². The molecule has 24 heavy (non-hydrogen) atoms. The average Bonchev–Trinajstić information content (AvgIpc) is 2.53. The second kappa shape index (κ2) is 7.66. The van der Waals surface area contributed by atoms with Gasteiger partial charge in [-0.15, -0.1) is 0 Å². The van der Waals surface area contributed by atoms with Crippen molar-refractivity contribution in [2.75, 3.05) is 13.2 Å². The molecule has 130 valence electrons. The van der Waals surface area contributed by atoms with E-state index in [1.54, 1.807) is 12.1 Å². The van der Waals surface area contributed by atoms with Gasteiger partial charge in [0.2, 0.25) is 5.91 Å². The average molecular weight is 333 g/mol. The molecule has 6 nitrogen and oxygen atoms in total. The van der Waals surface area contributed by atoms with Crippen LogP contribution in [0, 0.1) is 5.92 Å². The van der Waals surface area contributed by atoms with E-state index in [4.69, 9.17) is 14.6 Å². The molecule has 1 aliphatic heterocycles. The monoisotopic (exact) mass is 333 g/mol. The number of hydrogen-bond acceptors (Lipinski definition) is 4. The van der Waals surface area contributed by atoms with E-state index in [0.29, 0.717) is 37.7 Å². The standard InChI is InChI=1S/C18H23NO5/c20-17(10-12-2-1-3-12)19-15-8-9-23-11-16(15)24-14-6-4-13(5-7-14)18(21)22/h4-7,12,15-16H,1-3,8-11H2,(H,19,20)(H,21,22)/t15-,16-/m1/s1. The smallest absolute Gasteiger partial charge is 0.335 e. The lowest BCUT2D eigenvalue weighted by atomic mass is 9.83. The molecule has 0 bridgehead atoms. The first kappa shape index (κ1) is 16.8. The van der Waals surface area contributed by atoms with E-state index in [-0.39, 0.29) is 23.6 Å². The number of ether oxygens (including phenoxy) is 2. The summed E-state index contributed by atoms with van der Waals surface area (Å²) in [6.07, 6.45) is 4.58. The summed E-state index contributed by atoms with van der Waals surface area (Å²) in [5, 5.41) is 12.0. The number of amides is 1. The van der Waals surface area contributed by atoms with E-state index in [1.807, 2.05) is 0 Å². The van der Waals surface area contributed by atoms with Gasteiger partial charge in [-0.25, -0.2) is 4.79 Å². The van der Waals surface area contributed by atoms with Gasteiger partial charge < -0.3 is 19.9 Å². The normalized spacial score (nSPS) is 24.0. The van der Waals surface area contributed by atoms with Gasteiger partial charge in [0, 0.05) is 13.0 Å². The quantitative estimate of drug-likeness (QED) is 0.834. The Morgan fingerprint density at radius 2 is 1.96 bits per heavy atom. The highest BCUT2D eigenvalue weighted by atomic mass is 16.5. The Labute approximate surface area is 141 Å². The van der Waals surface area contributed by atoms with Crippen LogP contribution in [0.5, 0.6) is 5.75 Å². The number of nitrogens with one attached hydrogen (secondary N) is 1. The Morgan fingerprint density at radius 1 is 1.21 bits per heavy atom. The number of aromatic carboxylic acids is 1. The number of carboxylic acids is 1. The van der Waals surface area contributed by atoms with Crippen molar-refractivity contribution >= 4 is 11.9 Å². The van der Waals surface area contributed by atoms with E-state index in [9.17, 15) is 9.59 Å². The third-order valence-corrected chi connectivity index (χ3v) is 4.74. The summed E-state index contributed by atoms with van der Waals surface area (Å²) < 4.78 is 11.4. The molecular formula is C18H23NO5. The minimum Gasteiger partial charge on any atom is -0.486 e. The van der Waals surface area contributed by atoms with Crippen molar-refractivity contribution in [3.63, 3.8) is 0 Å². The summed E-state index contributed by atoms with van der Waals surface area (Å²) in [6.45, 7) is 1.02. The molecule has 1 saturated carbocycles. The molecule has 1 amide bonds. The largest absolute Gasteiger partial charge is 0.486 e. The van der Waals surface area contributed by atoms with E-state index < -0.39 is 5.97 Å². The fourth-order valence-electron chi connectivity index (χ4n) is 3.07. The second-order valence-corrected chi connectivity index (χ2v) is 6.52. The number of benzene rings is 1. The molecule has 0 unspecified atom stereocenters. The molecule has 1 aromatic carbocycles. The molecule has 6 heteroatoms. The highest BCUT2D eigenvalue weighted by molar-refractivity contribution is 5.87. The van der Waals surface area contributed by atoms with Crippen molar-refractivity contribution in [1.29, 1.82) is 0 Å². The fourth-order valence-corrected chi connectivity index (χ4v) is 3.07. The summed E-state index contributed by atoms with van der Waals surface area (Å²) in [4.78, 5) is 23.0. The van der Waals surface area contributed by atoms with Crippen molar-refractivity contribution < 1.29 is 24.2 Å². The van der Waals surface area contributed by atoms with Crippen molar-refractivity contribution in [2.24, 2.45) is 5.92 Å². The van der Waals surface area contributed by atoms with Crippen LogP contribution in [0.15, 0.2) is 24.3 Å². The SMILES string of the molecule is O=C(CC1CCC1)N[C@@H]1CCOC[C@H]1Oc1ccc(C(=O)O)cc1. The van der Waals surface area contributed by atoms with Crippen LogP contribution in [0.1, 0.15) is 42.5 Å². The first-order valence-electron chi connectivity index (χ1n) is 8.49. The van der Waals surface area contributed by atoms with Gasteiger partial charge in [-0.05, 0) is 49.4 Å². The highest BCUT2D eigenvalue weighted by Crippen LogP contribution is 2.29. The highest BCUT2D eigenvalue weighted by Gasteiger charge is 2.30. The molecule has 2 atom stereocenters. The molecule has 0 aromatic heterocycles. The maximum absolute atomic E-state index is 12.2. The van der Waals surface area contributed by atoms with Crippen LogP contribution < -0.4 is 10.1 Å². The number of carboxylic acid groups (broad SMARTS) is 1. The first-order valence-corrected chi connectivity index (χ1v) is 8.49. The molecule has 1 aliphatic carbocycles. The van der Waals surface area contributed by atoms with Crippen LogP contribution in [-0.4, -0.2) is 42.3 Å². The predicted octanol–water partition coefficient (Wildman–Crippen LogP) is 2.23. The molecule has 1 saturated heterocycles. The lowest BCUT2D eigenvalue weighted by Gasteiger charge is -2.33. The van der Waals surface area contributed by atoms with Crippen LogP contribution >= 0.6 is 0 Å². The zero-order valence-electron chi connectivity index (χ0n) is 13.6. The van der Waals surface area contributed by atoms with E-state index >= 15 is 0 Å². The summed E-state index contributed by atoms with van der Waals surface area (Å²) in [7, 11) is 0. The lowest BCUT2D eigenvalue weighted by Crippen LogP contribution is -2.51. The lowest BCUT2D eigenvalue weighted by molar-refractivity contribution is -0.125. The molecule has 0 radical (unpaired) electrons. The fraction of sp³-hybridized carbons (Fsp3) is 0.556. The maximum Gasteiger partial charge on any atom is 0.335 e. The number of carbonyl (C=O) groups is 2. The number of carbonyl (C=O) groups excluding carboxylic acids is 1. The van der Waals surface area contributed by atoms with Crippen LogP contribution in [0.3, 0.4) is 0 Å².